The van der Waals surface area contributed by atoms with Crippen molar-refractivity contribution in [3.05, 3.63) is 54.6 Å². The van der Waals surface area contributed by atoms with Gasteiger partial charge in [0.25, 0.3) is 0 Å². The Morgan fingerprint density at radius 2 is 1.56 bits per heavy atom. The minimum Gasteiger partial charge on any atom is -0.494 e. The number of rotatable bonds is 10. The minimum absolute atomic E-state index is 0.135. The van der Waals surface area contributed by atoms with Gasteiger partial charge < -0.3 is 20.1 Å². The van der Waals surface area contributed by atoms with Crippen LogP contribution in [0.1, 0.15) is 32.6 Å². The third kappa shape index (κ3) is 8.55. The monoisotopic (exact) mass is 386 g/mol. The molecule has 2 rings (SSSR count). The molecule has 2 aromatic carbocycles. The van der Waals surface area contributed by atoms with Gasteiger partial charge in [0.15, 0.2) is 5.11 Å². The van der Waals surface area contributed by atoms with Crippen LogP contribution in [-0.2, 0) is 4.79 Å². The van der Waals surface area contributed by atoms with Gasteiger partial charge in [-0.1, -0.05) is 31.5 Å². The second-order valence-electron chi connectivity index (χ2n) is 5.99. The van der Waals surface area contributed by atoms with Gasteiger partial charge in [0.2, 0.25) is 5.91 Å². The van der Waals surface area contributed by atoms with Crippen molar-refractivity contribution in [2.75, 3.05) is 18.5 Å². The smallest absolute Gasteiger partial charge is 0.226 e. The zero-order valence-electron chi connectivity index (χ0n) is 15.6. The molecule has 0 bridgehead atoms. The van der Waals surface area contributed by atoms with Gasteiger partial charge in [-0.05, 0) is 61.5 Å². The molecule has 0 spiro atoms. The highest BCUT2D eigenvalue weighted by atomic mass is 32.1. The van der Waals surface area contributed by atoms with E-state index in [9.17, 15) is 4.79 Å². The van der Waals surface area contributed by atoms with Crippen LogP contribution >= 0.6 is 12.2 Å². The summed E-state index contributed by atoms with van der Waals surface area (Å²) in [5.74, 6) is 1.49. The molecule has 0 aromatic heterocycles. The Labute approximate surface area is 166 Å². The van der Waals surface area contributed by atoms with Crippen LogP contribution < -0.4 is 20.1 Å². The average Bonchev–Trinajstić information content (AvgIpc) is 2.67. The summed E-state index contributed by atoms with van der Waals surface area (Å²) in [6.45, 7) is 3.32. The fourth-order valence-electron chi connectivity index (χ4n) is 2.26. The second kappa shape index (κ2) is 11.9. The fraction of sp³-hybridized carbons (Fsp3) is 0.333. The molecule has 0 aliphatic heterocycles. The zero-order chi connectivity index (χ0) is 19.3. The molecule has 0 unspecified atom stereocenters. The highest BCUT2D eigenvalue weighted by Gasteiger charge is 2.05. The van der Waals surface area contributed by atoms with Crippen molar-refractivity contribution in [2.24, 2.45) is 0 Å². The molecule has 1 amide bonds. The van der Waals surface area contributed by atoms with Crippen molar-refractivity contribution in [2.45, 2.75) is 32.6 Å². The minimum atomic E-state index is -0.135. The fourth-order valence-corrected chi connectivity index (χ4v) is 2.49. The van der Waals surface area contributed by atoms with Crippen molar-refractivity contribution >= 4 is 28.9 Å². The van der Waals surface area contributed by atoms with E-state index in [0.29, 0.717) is 26.1 Å². The Morgan fingerprint density at radius 1 is 0.926 bits per heavy atom. The summed E-state index contributed by atoms with van der Waals surface area (Å²) in [6.07, 6.45) is 3.10. The lowest BCUT2D eigenvalue weighted by Gasteiger charge is -2.11. The summed E-state index contributed by atoms with van der Waals surface area (Å²) in [5, 5.41) is 5.96. The van der Waals surface area contributed by atoms with Crippen molar-refractivity contribution in [3.8, 4) is 11.5 Å². The van der Waals surface area contributed by atoms with E-state index in [-0.39, 0.29) is 11.0 Å². The molecule has 144 valence electrons. The standard InChI is InChI=1S/C21H26N2O3S/c1-2-3-15-25-19-13-11-17(12-14-19)22-21(27)23-20(24)10-7-16-26-18-8-5-4-6-9-18/h4-6,8-9,11-14H,2-3,7,10,15-16H2,1H3,(H2,22,23,24,27). The summed E-state index contributed by atoms with van der Waals surface area (Å²) in [6, 6.07) is 17.0. The van der Waals surface area contributed by atoms with Crippen LogP contribution in [0.3, 0.4) is 0 Å². The number of para-hydroxylation sites is 1. The number of hydrogen-bond acceptors (Lipinski definition) is 4. The Morgan fingerprint density at radius 3 is 2.22 bits per heavy atom. The third-order valence-electron chi connectivity index (χ3n) is 3.69. The number of amides is 1. The van der Waals surface area contributed by atoms with E-state index < -0.39 is 0 Å². The number of nitrogens with one attached hydrogen (secondary N) is 2. The molecule has 0 aliphatic rings. The molecule has 0 heterocycles. The maximum Gasteiger partial charge on any atom is 0.226 e. The largest absolute Gasteiger partial charge is 0.494 e. The van der Waals surface area contributed by atoms with Crippen molar-refractivity contribution < 1.29 is 14.3 Å². The molecule has 0 aliphatic carbocycles. The molecule has 0 radical (unpaired) electrons. The SMILES string of the molecule is CCCCOc1ccc(NC(=S)NC(=O)CCCOc2ccccc2)cc1. The number of benzene rings is 2. The van der Waals surface area contributed by atoms with E-state index in [1.165, 1.54) is 0 Å². The third-order valence-corrected chi connectivity index (χ3v) is 3.90. The molecule has 0 atom stereocenters. The number of thiocarbonyl (C=S) groups is 1. The van der Waals surface area contributed by atoms with E-state index in [0.717, 1.165) is 30.0 Å². The van der Waals surface area contributed by atoms with E-state index >= 15 is 0 Å². The second-order valence-corrected chi connectivity index (χ2v) is 6.40. The lowest BCUT2D eigenvalue weighted by atomic mass is 10.3. The molecule has 2 N–H and O–H groups in total. The molecule has 6 heteroatoms. The lowest BCUT2D eigenvalue weighted by Crippen LogP contribution is -2.34. The molecule has 5 nitrogen and oxygen atoms in total. The van der Waals surface area contributed by atoms with Crippen LogP contribution in [0.25, 0.3) is 0 Å². The molecule has 0 saturated carbocycles. The van der Waals surface area contributed by atoms with Crippen LogP contribution in [0.2, 0.25) is 0 Å². The molecular formula is C21H26N2O3S. The highest BCUT2D eigenvalue weighted by Crippen LogP contribution is 2.16. The first kappa shape index (κ1) is 20.7. The van der Waals surface area contributed by atoms with Crippen molar-refractivity contribution in [1.29, 1.82) is 0 Å². The van der Waals surface area contributed by atoms with Crippen LogP contribution in [0.4, 0.5) is 5.69 Å². The van der Waals surface area contributed by atoms with E-state index in [4.69, 9.17) is 21.7 Å². The van der Waals surface area contributed by atoms with Gasteiger partial charge in [-0.3, -0.25) is 4.79 Å². The summed E-state index contributed by atoms with van der Waals surface area (Å²) in [4.78, 5) is 11.9. The zero-order valence-corrected chi connectivity index (χ0v) is 16.4. The first-order valence-electron chi connectivity index (χ1n) is 9.19. The first-order chi connectivity index (χ1) is 13.2. The molecule has 0 fully saturated rings. The van der Waals surface area contributed by atoms with Crippen molar-refractivity contribution in [3.63, 3.8) is 0 Å². The van der Waals surface area contributed by atoms with E-state index in [1.54, 1.807) is 0 Å². The lowest BCUT2D eigenvalue weighted by molar-refractivity contribution is -0.119. The summed E-state index contributed by atoms with van der Waals surface area (Å²) in [5.41, 5.74) is 0.801. The van der Waals surface area contributed by atoms with Gasteiger partial charge in [-0.25, -0.2) is 0 Å². The van der Waals surface area contributed by atoms with Crippen LogP contribution in [0.5, 0.6) is 11.5 Å². The van der Waals surface area contributed by atoms with Crippen molar-refractivity contribution in [1.82, 2.24) is 5.32 Å². The Balaban J connectivity index is 1.63. The number of ether oxygens (including phenoxy) is 2. The Kier molecular flexibility index (Phi) is 9.13. The quantitative estimate of drug-likeness (QED) is 0.464. The number of carbonyl (C=O) groups is 1. The van der Waals surface area contributed by atoms with Gasteiger partial charge >= 0.3 is 0 Å². The normalized spacial score (nSPS) is 10.1. The van der Waals surface area contributed by atoms with E-state index in [1.807, 2.05) is 54.6 Å². The number of hydrogen-bond donors (Lipinski definition) is 2. The molecular weight excluding hydrogens is 360 g/mol. The first-order valence-corrected chi connectivity index (χ1v) is 9.59. The number of carbonyl (C=O) groups excluding carboxylic acids is 1. The Hall–Kier alpha value is -2.60. The predicted molar refractivity (Wildman–Crippen MR) is 112 cm³/mol. The maximum absolute atomic E-state index is 11.9. The van der Waals surface area contributed by atoms with E-state index in [2.05, 4.69) is 17.6 Å². The summed E-state index contributed by atoms with van der Waals surface area (Å²) >= 11 is 5.18. The maximum atomic E-state index is 11.9. The van der Waals surface area contributed by atoms with Crippen LogP contribution in [0.15, 0.2) is 54.6 Å². The van der Waals surface area contributed by atoms with Gasteiger partial charge in [-0.15, -0.1) is 0 Å². The molecule has 0 saturated heterocycles. The molecule has 27 heavy (non-hydrogen) atoms. The Bertz CT molecular complexity index is 705. The number of unbranched alkanes of at least 4 members (excludes halogenated alkanes) is 1. The van der Waals surface area contributed by atoms with Gasteiger partial charge in [0, 0.05) is 12.1 Å². The van der Waals surface area contributed by atoms with Gasteiger partial charge in [0.05, 0.1) is 13.2 Å². The predicted octanol–water partition coefficient (Wildman–Crippen LogP) is 4.54. The summed E-state index contributed by atoms with van der Waals surface area (Å²) in [7, 11) is 0. The van der Waals surface area contributed by atoms with Crippen LogP contribution in [-0.4, -0.2) is 24.2 Å². The average molecular weight is 387 g/mol. The molecule has 2 aromatic rings. The van der Waals surface area contributed by atoms with Gasteiger partial charge in [-0.2, -0.15) is 0 Å². The summed E-state index contributed by atoms with van der Waals surface area (Å²) < 4.78 is 11.2. The number of anilines is 1. The van der Waals surface area contributed by atoms with Crippen LogP contribution in [0, 0.1) is 0 Å². The highest BCUT2D eigenvalue weighted by molar-refractivity contribution is 7.80. The topological polar surface area (TPSA) is 59.6 Å². The van der Waals surface area contributed by atoms with Gasteiger partial charge in [0.1, 0.15) is 11.5 Å².